The van der Waals surface area contributed by atoms with Gasteiger partial charge in [0, 0.05) is 49.1 Å². The maximum atomic E-state index is 12.9. The normalized spacial score (nSPS) is 18.7. The van der Waals surface area contributed by atoms with Gasteiger partial charge in [0.1, 0.15) is 5.52 Å². The van der Waals surface area contributed by atoms with Crippen molar-refractivity contribution in [1.29, 1.82) is 0 Å². The van der Waals surface area contributed by atoms with Gasteiger partial charge in [0.2, 0.25) is 0 Å². The van der Waals surface area contributed by atoms with Crippen LogP contribution >= 0.6 is 0 Å². The Morgan fingerprint density at radius 1 is 1.11 bits per heavy atom. The fraction of sp³-hybridized carbons (Fsp3) is 0.345. The van der Waals surface area contributed by atoms with Crippen molar-refractivity contribution < 1.29 is 9.53 Å². The molecular formula is C29H29N5O2. The third-order valence-electron chi connectivity index (χ3n) is 8.02. The van der Waals surface area contributed by atoms with Gasteiger partial charge in [-0.2, -0.15) is 0 Å². The topological polar surface area (TPSA) is 74.3 Å². The quantitative estimate of drug-likeness (QED) is 0.480. The van der Waals surface area contributed by atoms with E-state index < -0.39 is 0 Å². The number of likely N-dealkylation sites (tertiary alicyclic amines) is 1. The van der Waals surface area contributed by atoms with Crippen molar-refractivity contribution in [2.24, 2.45) is 5.41 Å². The van der Waals surface area contributed by atoms with Crippen LogP contribution in [0.4, 0.5) is 0 Å². The molecule has 182 valence electrons. The Morgan fingerprint density at radius 3 is 2.67 bits per heavy atom. The van der Waals surface area contributed by atoms with Crippen LogP contribution < -0.4 is 0 Å². The molecule has 7 nitrogen and oxygen atoms in total. The standard InChI is InChI=1S/C29H29N5O2/c1-18-9-21(10-22-13-33(2)8-7-23(18)22)25-12-31-27-26(32-25)24(11-30-27)19-3-5-20(6-4-19)28(35)34-14-29(15-34)16-36-17-29/h3-6,9-12H,7-8,13-17H2,1-2H3,(H,30,31). The summed E-state index contributed by atoms with van der Waals surface area (Å²) in [7, 11) is 2.17. The summed E-state index contributed by atoms with van der Waals surface area (Å²) < 4.78 is 5.32. The minimum Gasteiger partial charge on any atom is -0.380 e. The zero-order chi connectivity index (χ0) is 24.4. The second-order valence-electron chi connectivity index (χ2n) is 10.8. The van der Waals surface area contributed by atoms with Crippen molar-refractivity contribution in [3.63, 3.8) is 0 Å². The van der Waals surface area contributed by atoms with Crippen LogP contribution in [0.15, 0.2) is 48.8 Å². The van der Waals surface area contributed by atoms with Gasteiger partial charge in [0.15, 0.2) is 5.65 Å². The van der Waals surface area contributed by atoms with Gasteiger partial charge in [-0.1, -0.05) is 12.1 Å². The van der Waals surface area contributed by atoms with E-state index in [0.29, 0.717) is 0 Å². The Morgan fingerprint density at radius 2 is 1.92 bits per heavy atom. The van der Waals surface area contributed by atoms with Gasteiger partial charge >= 0.3 is 0 Å². The first-order valence-electron chi connectivity index (χ1n) is 12.6. The highest BCUT2D eigenvalue weighted by Crippen LogP contribution is 2.38. The fourth-order valence-electron chi connectivity index (χ4n) is 5.92. The van der Waals surface area contributed by atoms with E-state index >= 15 is 0 Å². The molecule has 1 spiro atoms. The Balaban J connectivity index is 1.18. The Kier molecular flexibility index (Phi) is 4.81. The van der Waals surface area contributed by atoms with Gasteiger partial charge in [-0.05, 0) is 66.9 Å². The molecule has 0 saturated carbocycles. The molecule has 1 amide bonds. The molecule has 0 aliphatic carbocycles. The molecule has 2 aromatic carbocycles. The number of nitrogens with zero attached hydrogens (tertiary/aromatic N) is 4. The molecule has 2 fully saturated rings. The van der Waals surface area contributed by atoms with Crippen molar-refractivity contribution in [2.75, 3.05) is 39.9 Å². The molecule has 0 radical (unpaired) electrons. The summed E-state index contributed by atoms with van der Waals surface area (Å²) in [5, 5.41) is 0. The highest BCUT2D eigenvalue weighted by atomic mass is 16.5. The first-order chi connectivity index (χ1) is 17.5. The second kappa shape index (κ2) is 7.98. The molecular weight excluding hydrogens is 450 g/mol. The number of hydrogen-bond donors (Lipinski definition) is 1. The van der Waals surface area contributed by atoms with Crippen molar-refractivity contribution in [3.05, 3.63) is 71.0 Å². The molecule has 4 aromatic rings. The van der Waals surface area contributed by atoms with Gasteiger partial charge < -0.3 is 19.5 Å². The zero-order valence-electron chi connectivity index (χ0n) is 20.7. The van der Waals surface area contributed by atoms with Crippen LogP contribution in [0.25, 0.3) is 33.5 Å². The lowest BCUT2D eigenvalue weighted by Crippen LogP contribution is -2.67. The summed E-state index contributed by atoms with van der Waals surface area (Å²) >= 11 is 0. The number of carbonyl (C=O) groups is 1. The van der Waals surface area contributed by atoms with Crippen LogP contribution in [0.2, 0.25) is 0 Å². The van der Waals surface area contributed by atoms with E-state index in [-0.39, 0.29) is 11.3 Å². The fourth-order valence-corrected chi connectivity index (χ4v) is 5.92. The number of H-pyrrole nitrogens is 1. The average Bonchev–Trinajstić information content (AvgIpc) is 3.25. The number of hydrogen-bond acceptors (Lipinski definition) is 5. The maximum absolute atomic E-state index is 12.9. The van der Waals surface area contributed by atoms with Gasteiger partial charge in [0.25, 0.3) is 5.91 Å². The molecule has 7 heteroatoms. The molecule has 0 atom stereocenters. The van der Waals surface area contributed by atoms with E-state index in [9.17, 15) is 4.79 Å². The van der Waals surface area contributed by atoms with Gasteiger partial charge in [-0.15, -0.1) is 0 Å². The Bertz CT molecular complexity index is 1490. The van der Waals surface area contributed by atoms with Crippen LogP contribution in [0.3, 0.4) is 0 Å². The van der Waals surface area contributed by atoms with Crippen LogP contribution in [-0.4, -0.2) is 70.6 Å². The number of nitrogens with one attached hydrogen (secondary N) is 1. The van der Waals surface area contributed by atoms with Crippen LogP contribution in [0, 0.1) is 12.3 Å². The predicted molar refractivity (Wildman–Crippen MR) is 139 cm³/mol. The molecule has 2 saturated heterocycles. The number of amides is 1. The summed E-state index contributed by atoms with van der Waals surface area (Å²) in [6.45, 7) is 7.42. The van der Waals surface area contributed by atoms with Crippen LogP contribution in [0.1, 0.15) is 27.0 Å². The minimum atomic E-state index is 0.0912. The van der Waals surface area contributed by atoms with Crippen molar-refractivity contribution >= 4 is 17.1 Å². The largest absolute Gasteiger partial charge is 0.380 e. The second-order valence-corrected chi connectivity index (χ2v) is 10.8. The number of likely N-dealkylation sites (N-methyl/N-ethyl adjacent to an activating group) is 1. The molecule has 2 aromatic heterocycles. The highest BCUT2D eigenvalue weighted by molar-refractivity contribution is 5.96. The first kappa shape index (κ1) is 21.7. The third kappa shape index (κ3) is 3.45. The van der Waals surface area contributed by atoms with Crippen molar-refractivity contribution in [2.45, 2.75) is 19.9 Å². The average molecular weight is 480 g/mol. The number of aromatic nitrogens is 3. The highest BCUT2D eigenvalue weighted by Gasteiger charge is 2.50. The van der Waals surface area contributed by atoms with Gasteiger partial charge in [0.05, 0.1) is 30.5 Å². The summed E-state index contributed by atoms with van der Waals surface area (Å²) in [6.07, 6.45) is 4.90. The molecule has 36 heavy (non-hydrogen) atoms. The Hall–Kier alpha value is -3.55. The summed E-state index contributed by atoms with van der Waals surface area (Å²) in [5.41, 5.74) is 10.7. The monoisotopic (exact) mass is 479 g/mol. The van der Waals surface area contributed by atoms with E-state index in [1.807, 2.05) is 41.6 Å². The van der Waals surface area contributed by atoms with Gasteiger partial charge in [-0.3, -0.25) is 4.79 Å². The lowest BCUT2D eigenvalue weighted by Gasteiger charge is -2.54. The molecule has 1 N–H and O–H groups in total. The molecule has 0 unspecified atom stereocenters. The Labute approximate surface area is 210 Å². The smallest absolute Gasteiger partial charge is 0.253 e. The molecule has 3 aliphatic rings. The number of aromatic amines is 1. The summed E-state index contributed by atoms with van der Waals surface area (Å²) in [5.74, 6) is 0.0912. The lowest BCUT2D eigenvalue weighted by atomic mass is 9.78. The van der Waals surface area contributed by atoms with Gasteiger partial charge in [-0.25, -0.2) is 9.97 Å². The number of rotatable bonds is 3. The third-order valence-corrected chi connectivity index (χ3v) is 8.02. The van der Waals surface area contributed by atoms with E-state index in [1.165, 1.54) is 16.7 Å². The van der Waals surface area contributed by atoms with Crippen LogP contribution in [-0.2, 0) is 17.7 Å². The molecule has 7 rings (SSSR count). The number of benzene rings is 2. The molecule has 3 aliphatic heterocycles. The number of aryl methyl sites for hydroxylation is 1. The molecule has 0 bridgehead atoms. The van der Waals surface area contributed by atoms with Crippen molar-refractivity contribution in [1.82, 2.24) is 24.8 Å². The maximum Gasteiger partial charge on any atom is 0.253 e. The van der Waals surface area contributed by atoms with E-state index in [1.54, 1.807) is 0 Å². The van der Waals surface area contributed by atoms with E-state index in [4.69, 9.17) is 9.72 Å². The van der Waals surface area contributed by atoms with Crippen molar-refractivity contribution in [3.8, 4) is 22.4 Å². The first-order valence-corrected chi connectivity index (χ1v) is 12.6. The number of fused-ring (bicyclic) bond motifs is 2. The lowest BCUT2D eigenvalue weighted by molar-refractivity contribution is -0.176. The number of carbonyl (C=O) groups excluding carboxylic acids is 1. The van der Waals surface area contributed by atoms with E-state index in [2.05, 4.69) is 41.0 Å². The summed E-state index contributed by atoms with van der Waals surface area (Å²) in [6, 6.07) is 12.4. The number of ether oxygens (including phenoxy) is 1. The SMILES string of the molecule is Cc1cc(-c2cnc3[nH]cc(-c4ccc(C(=O)N5CC6(COC6)C5)cc4)c3n2)cc2c1CCN(C)C2. The predicted octanol–water partition coefficient (Wildman–Crippen LogP) is 4.06. The van der Waals surface area contributed by atoms with Crippen LogP contribution in [0.5, 0.6) is 0 Å². The zero-order valence-corrected chi connectivity index (χ0v) is 20.7. The molecule has 5 heterocycles. The summed E-state index contributed by atoms with van der Waals surface area (Å²) in [4.78, 5) is 30.1. The van der Waals surface area contributed by atoms with E-state index in [0.717, 1.165) is 84.9 Å². The minimum absolute atomic E-state index is 0.0912.